The number of nitrogens with two attached hydrogens (primary N) is 1. The largest absolute Gasteiger partial charge is 0.338 e. The molecule has 2 N–H and O–H groups in total. The molecule has 7 heteroatoms. The topological polar surface area (TPSA) is 83.7 Å². The van der Waals surface area contributed by atoms with Crippen molar-refractivity contribution in [3.05, 3.63) is 29.3 Å². The second kappa shape index (κ2) is 6.04. The van der Waals surface area contributed by atoms with Crippen LogP contribution in [0.15, 0.2) is 23.1 Å². The molecule has 0 unspecified atom stereocenters. The molecule has 26 heavy (non-hydrogen) atoms. The first-order chi connectivity index (χ1) is 11.9. The van der Waals surface area contributed by atoms with Crippen molar-refractivity contribution < 1.29 is 13.2 Å². The first-order valence-electron chi connectivity index (χ1n) is 8.93. The van der Waals surface area contributed by atoms with Crippen LogP contribution in [0, 0.1) is 23.7 Å². The summed E-state index contributed by atoms with van der Waals surface area (Å²) in [5, 5.41) is 5.24. The maximum Gasteiger partial charge on any atom is 0.254 e. The van der Waals surface area contributed by atoms with Crippen LogP contribution in [0.4, 0.5) is 0 Å². The lowest BCUT2D eigenvalue weighted by molar-refractivity contribution is -0.0789. The van der Waals surface area contributed by atoms with Crippen LogP contribution in [-0.2, 0) is 10.0 Å². The standard InChI is InChI=1S/C19H29N3O3S/c1-13-6-7-14(26(20,24)25)8-15(13)17(23)22-9-16-18(2,3)10-19(16,12-22)11-21(4)5/h6-8,16H,9-12H2,1-5H3,(H2,20,24,25)/t16-,19+/m1/s1. The first-order valence-corrected chi connectivity index (χ1v) is 10.5. The number of sulfonamides is 1. The highest BCUT2D eigenvalue weighted by Crippen LogP contribution is 2.62. The Hall–Kier alpha value is -1.44. The van der Waals surface area contributed by atoms with Crippen LogP contribution in [0.2, 0.25) is 0 Å². The third-order valence-corrected chi connectivity index (χ3v) is 7.00. The van der Waals surface area contributed by atoms with E-state index < -0.39 is 10.0 Å². The van der Waals surface area contributed by atoms with Gasteiger partial charge in [-0.2, -0.15) is 0 Å². The lowest BCUT2D eigenvalue weighted by atomic mass is 9.48. The number of rotatable bonds is 4. The van der Waals surface area contributed by atoms with E-state index in [1.807, 2.05) is 11.8 Å². The van der Waals surface area contributed by atoms with Crippen LogP contribution in [-0.4, -0.2) is 57.9 Å². The number of primary sulfonamides is 1. The highest BCUT2D eigenvalue weighted by Gasteiger charge is 2.63. The zero-order valence-corrected chi connectivity index (χ0v) is 17.1. The molecule has 1 aliphatic heterocycles. The van der Waals surface area contributed by atoms with Gasteiger partial charge in [0.2, 0.25) is 10.0 Å². The van der Waals surface area contributed by atoms with Crippen molar-refractivity contribution in [3.63, 3.8) is 0 Å². The lowest BCUT2D eigenvalue weighted by Gasteiger charge is -2.57. The average molecular weight is 380 g/mol. The molecule has 0 aromatic heterocycles. The van der Waals surface area contributed by atoms with Crippen molar-refractivity contribution in [2.45, 2.75) is 32.1 Å². The van der Waals surface area contributed by atoms with Crippen molar-refractivity contribution in [3.8, 4) is 0 Å². The number of aryl methyl sites for hydroxylation is 1. The Labute approximate surface area is 156 Å². The van der Waals surface area contributed by atoms with Gasteiger partial charge < -0.3 is 9.80 Å². The Morgan fingerprint density at radius 2 is 2.00 bits per heavy atom. The summed E-state index contributed by atoms with van der Waals surface area (Å²) in [6.45, 7) is 8.76. The van der Waals surface area contributed by atoms with Gasteiger partial charge in [0.15, 0.2) is 0 Å². The maximum atomic E-state index is 13.2. The Bertz CT molecular complexity index is 844. The third kappa shape index (κ3) is 3.17. The molecule has 1 aromatic carbocycles. The quantitative estimate of drug-likeness (QED) is 0.863. The zero-order valence-electron chi connectivity index (χ0n) is 16.2. The van der Waals surface area contributed by atoms with E-state index in [1.165, 1.54) is 12.1 Å². The summed E-state index contributed by atoms with van der Waals surface area (Å²) in [5.74, 6) is 0.361. The van der Waals surface area contributed by atoms with E-state index in [-0.39, 0.29) is 21.6 Å². The smallest absolute Gasteiger partial charge is 0.254 e. The summed E-state index contributed by atoms with van der Waals surface area (Å²) in [4.78, 5) is 17.3. The fourth-order valence-corrected chi connectivity index (χ4v) is 5.84. The van der Waals surface area contributed by atoms with E-state index in [4.69, 9.17) is 5.14 Å². The molecule has 1 aliphatic carbocycles. The van der Waals surface area contributed by atoms with E-state index in [9.17, 15) is 13.2 Å². The molecule has 1 aromatic rings. The molecular formula is C19H29N3O3S. The van der Waals surface area contributed by atoms with Crippen LogP contribution < -0.4 is 5.14 Å². The Kier molecular flexibility index (Phi) is 4.49. The van der Waals surface area contributed by atoms with Crippen LogP contribution in [0.5, 0.6) is 0 Å². The molecule has 2 aliphatic rings. The number of benzene rings is 1. The third-order valence-electron chi connectivity index (χ3n) is 6.09. The number of amides is 1. The predicted octanol–water partition coefficient (Wildman–Crippen LogP) is 1.69. The van der Waals surface area contributed by atoms with Gasteiger partial charge in [0.1, 0.15) is 0 Å². The second-order valence-electron chi connectivity index (χ2n) is 9.03. The molecule has 1 saturated carbocycles. The minimum Gasteiger partial charge on any atom is -0.338 e. The van der Waals surface area contributed by atoms with Gasteiger partial charge in [-0.05, 0) is 56.5 Å². The molecular weight excluding hydrogens is 350 g/mol. The molecule has 1 amide bonds. The van der Waals surface area contributed by atoms with Crippen molar-refractivity contribution in [1.29, 1.82) is 0 Å². The van der Waals surface area contributed by atoms with E-state index in [0.29, 0.717) is 11.5 Å². The van der Waals surface area contributed by atoms with Crippen molar-refractivity contribution in [2.24, 2.45) is 21.9 Å². The van der Waals surface area contributed by atoms with E-state index in [2.05, 4.69) is 32.8 Å². The number of likely N-dealkylation sites (tertiary alicyclic amines) is 1. The van der Waals surface area contributed by atoms with Gasteiger partial charge in [0, 0.05) is 30.6 Å². The monoisotopic (exact) mass is 379 g/mol. The SMILES string of the molecule is Cc1ccc(S(N)(=O)=O)cc1C(=O)N1C[C@@H]2C(C)(C)C[C@]2(CN(C)C)C1. The van der Waals surface area contributed by atoms with Gasteiger partial charge in [-0.3, -0.25) is 4.79 Å². The molecule has 1 saturated heterocycles. The van der Waals surface area contributed by atoms with Gasteiger partial charge in [-0.15, -0.1) is 0 Å². The normalized spacial score (nSPS) is 27.3. The molecule has 0 radical (unpaired) electrons. The Balaban J connectivity index is 1.90. The fraction of sp³-hybridized carbons (Fsp3) is 0.632. The fourth-order valence-electron chi connectivity index (χ4n) is 5.30. The summed E-state index contributed by atoms with van der Waals surface area (Å²) >= 11 is 0. The van der Waals surface area contributed by atoms with E-state index in [0.717, 1.165) is 31.6 Å². The Morgan fingerprint density at radius 3 is 2.54 bits per heavy atom. The van der Waals surface area contributed by atoms with Crippen LogP contribution >= 0.6 is 0 Å². The molecule has 144 valence electrons. The van der Waals surface area contributed by atoms with Gasteiger partial charge in [0.25, 0.3) is 5.91 Å². The number of fused-ring (bicyclic) bond motifs is 1. The number of hydrogen-bond donors (Lipinski definition) is 1. The molecule has 0 bridgehead atoms. The van der Waals surface area contributed by atoms with Gasteiger partial charge in [-0.25, -0.2) is 13.6 Å². The average Bonchev–Trinajstić information content (AvgIpc) is 2.79. The second-order valence-corrected chi connectivity index (χ2v) is 10.6. The summed E-state index contributed by atoms with van der Waals surface area (Å²) in [6.07, 6.45) is 1.10. The highest BCUT2D eigenvalue weighted by atomic mass is 32.2. The summed E-state index contributed by atoms with van der Waals surface area (Å²) in [7, 11) is 0.309. The Morgan fingerprint density at radius 1 is 1.35 bits per heavy atom. The summed E-state index contributed by atoms with van der Waals surface area (Å²) in [6, 6.07) is 4.51. The minimum absolute atomic E-state index is 0.0167. The predicted molar refractivity (Wildman–Crippen MR) is 101 cm³/mol. The van der Waals surface area contributed by atoms with Crippen molar-refractivity contribution >= 4 is 15.9 Å². The minimum atomic E-state index is -3.83. The number of carbonyl (C=O) groups is 1. The number of nitrogens with zero attached hydrogens (tertiary/aromatic N) is 2. The van der Waals surface area contributed by atoms with Gasteiger partial charge >= 0.3 is 0 Å². The highest BCUT2D eigenvalue weighted by molar-refractivity contribution is 7.89. The first kappa shape index (κ1) is 19.3. The van der Waals surface area contributed by atoms with Crippen LogP contribution in [0.25, 0.3) is 0 Å². The molecule has 0 spiro atoms. The molecule has 6 nitrogen and oxygen atoms in total. The van der Waals surface area contributed by atoms with Crippen molar-refractivity contribution in [2.75, 3.05) is 33.7 Å². The van der Waals surface area contributed by atoms with E-state index in [1.54, 1.807) is 6.07 Å². The van der Waals surface area contributed by atoms with Crippen LogP contribution in [0.1, 0.15) is 36.2 Å². The zero-order chi connectivity index (χ0) is 19.5. The molecule has 2 atom stereocenters. The summed E-state index contributed by atoms with van der Waals surface area (Å²) < 4.78 is 23.3. The maximum absolute atomic E-state index is 13.2. The van der Waals surface area contributed by atoms with Gasteiger partial charge in [0.05, 0.1) is 4.90 Å². The van der Waals surface area contributed by atoms with Crippen molar-refractivity contribution in [1.82, 2.24) is 9.80 Å². The van der Waals surface area contributed by atoms with Crippen LogP contribution in [0.3, 0.4) is 0 Å². The number of carbonyl (C=O) groups excluding carboxylic acids is 1. The molecule has 3 rings (SSSR count). The lowest BCUT2D eigenvalue weighted by Crippen LogP contribution is -2.57. The number of hydrogen-bond acceptors (Lipinski definition) is 4. The van der Waals surface area contributed by atoms with Gasteiger partial charge in [-0.1, -0.05) is 19.9 Å². The van der Waals surface area contributed by atoms with E-state index >= 15 is 0 Å². The molecule has 2 fully saturated rings. The summed E-state index contributed by atoms with van der Waals surface area (Å²) in [5.41, 5.74) is 1.55. The molecule has 1 heterocycles.